The molecule has 1 amide bonds. The first kappa shape index (κ1) is 23.2. The van der Waals surface area contributed by atoms with Gasteiger partial charge in [0.15, 0.2) is 5.82 Å². The highest BCUT2D eigenvalue weighted by Gasteiger charge is 2.31. The Morgan fingerprint density at radius 2 is 2.06 bits per heavy atom. The van der Waals surface area contributed by atoms with Gasteiger partial charge in [0, 0.05) is 17.3 Å². The van der Waals surface area contributed by atoms with E-state index in [1.165, 1.54) is 18.5 Å². The molecule has 11 heteroatoms. The third kappa shape index (κ3) is 5.24. The van der Waals surface area contributed by atoms with Gasteiger partial charge in [0.1, 0.15) is 12.0 Å². The third-order valence-corrected chi connectivity index (χ3v) is 4.70. The minimum Gasteiger partial charge on any atom is -0.394 e. The van der Waals surface area contributed by atoms with E-state index < -0.39 is 30.3 Å². The fraction of sp³-hybridized carbons (Fsp3) is 0.286. The second-order valence-corrected chi connectivity index (χ2v) is 6.86. The SMILES string of the molecule is CCONc1ncnc(-c2c[nH]c(C(=O)N[C@H](CO)c3cccc(C(F)(F)F)c3)c2)c1C. The number of aromatic nitrogens is 3. The molecule has 170 valence electrons. The summed E-state index contributed by atoms with van der Waals surface area (Å²) in [6.07, 6.45) is -1.60. The maximum Gasteiger partial charge on any atom is 0.416 e. The quantitative estimate of drug-likeness (QED) is 0.391. The Labute approximate surface area is 181 Å². The number of aliphatic hydroxyl groups excluding tert-OH is 1. The number of carbonyl (C=O) groups excluding carboxylic acids is 1. The van der Waals surface area contributed by atoms with Crippen LogP contribution < -0.4 is 10.8 Å². The number of anilines is 1. The number of aliphatic hydroxyl groups is 1. The smallest absolute Gasteiger partial charge is 0.394 e. The van der Waals surface area contributed by atoms with Gasteiger partial charge in [0.25, 0.3) is 5.91 Å². The number of halogens is 3. The molecule has 3 rings (SSSR count). The van der Waals surface area contributed by atoms with Gasteiger partial charge in [-0.25, -0.2) is 15.4 Å². The lowest BCUT2D eigenvalue weighted by Gasteiger charge is -2.18. The van der Waals surface area contributed by atoms with E-state index in [9.17, 15) is 23.1 Å². The molecule has 2 heterocycles. The van der Waals surface area contributed by atoms with Crippen molar-refractivity contribution in [1.29, 1.82) is 0 Å². The maximum atomic E-state index is 13.0. The topological polar surface area (TPSA) is 112 Å². The van der Waals surface area contributed by atoms with E-state index in [1.54, 1.807) is 19.2 Å². The Bertz CT molecular complexity index is 1080. The lowest BCUT2D eigenvalue weighted by Crippen LogP contribution is -2.31. The van der Waals surface area contributed by atoms with Crippen molar-refractivity contribution >= 4 is 11.7 Å². The van der Waals surface area contributed by atoms with Crippen LogP contribution in [0.1, 0.15) is 40.1 Å². The van der Waals surface area contributed by atoms with Gasteiger partial charge in [-0.05, 0) is 37.6 Å². The van der Waals surface area contributed by atoms with Gasteiger partial charge in [0.05, 0.1) is 30.5 Å². The molecule has 0 aliphatic heterocycles. The molecule has 0 aliphatic carbocycles. The number of amides is 1. The van der Waals surface area contributed by atoms with Crippen LogP contribution in [0, 0.1) is 6.92 Å². The molecule has 0 saturated heterocycles. The summed E-state index contributed by atoms with van der Waals surface area (Å²) in [6.45, 7) is 3.47. The molecule has 8 nitrogen and oxygen atoms in total. The summed E-state index contributed by atoms with van der Waals surface area (Å²) in [6, 6.07) is 5.00. The largest absolute Gasteiger partial charge is 0.416 e. The number of benzene rings is 1. The molecule has 0 fully saturated rings. The van der Waals surface area contributed by atoms with Crippen LogP contribution in [0.25, 0.3) is 11.3 Å². The molecule has 0 radical (unpaired) electrons. The lowest BCUT2D eigenvalue weighted by atomic mass is 10.0. The normalized spacial score (nSPS) is 12.4. The minimum atomic E-state index is -4.53. The highest BCUT2D eigenvalue weighted by atomic mass is 19.4. The van der Waals surface area contributed by atoms with Crippen LogP contribution in [0.15, 0.2) is 42.9 Å². The number of H-pyrrole nitrogens is 1. The fourth-order valence-corrected chi connectivity index (χ4v) is 3.05. The molecule has 3 aromatic rings. The van der Waals surface area contributed by atoms with Crippen LogP contribution in [-0.4, -0.2) is 39.2 Å². The van der Waals surface area contributed by atoms with E-state index >= 15 is 0 Å². The van der Waals surface area contributed by atoms with Crippen molar-refractivity contribution in [2.24, 2.45) is 0 Å². The van der Waals surface area contributed by atoms with Crippen LogP contribution in [0.5, 0.6) is 0 Å². The summed E-state index contributed by atoms with van der Waals surface area (Å²) >= 11 is 0. The molecule has 4 N–H and O–H groups in total. The summed E-state index contributed by atoms with van der Waals surface area (Å²) < 4.78 is 38.9. The van der Waals surface area contributed by atoms with Crippen LogP contribution >= 0.6 is 0 Å². The van der Waals surface area contributed by atoms with E-state index in [4.69, 9.17) is 4.84 Å². The Kier molecular flexibility index (Phi) is 7.11. The molecule has 0 bridgehead atoms. The van der Waals surface area contributed by atoms with Crippen molar-refractivity contribution in [2.45, 2.75) is 26.1 Å². The Hall–Kier alpha value is -3.44. The van der Waals surface area contributed by atoms with Crippen LogP contribution in [0.4, 0.5) is 19.0 Å². The zero-order valence-corrected chi connectivity index (χ0v) is 17.3. The Balaban J connectivity index is 1.79. The molecular weight excluding hydrogens is 427 g/mol. The lowest BCUT2D eigenvalue weighted by molar-refractivity contribution is -0.137. The minimum absolute atomic E-state index is 0.140. The van der Waals surface area contributed by atoms with Crippen molar-refractivity contribution in [3.05, 3.63) is 65.2 Å². The number of rotatable bonds is 8. The molecular formula is C21H22F3N5O3. The zero-order valence-electron chi connectivity index (χ0n) is 17.3. The molecule has 2 aromatic heterocycles. The molecule has 0 unspecified atom stereocenters. The Morgan fingerprint density at radius 3 is 2.75 bits per heavy atom. The van der Waals surface area contributed by atoms with Crippen LogP contribution in [-0.2, 0) is 11.0 Å². The van der Waals surface area contributed by atoms with E-state index in [2.05, 4.69) is 25.7 Å². The number of hydrogen-bond acceptors (Lipinski definition) is 6. The van der Waals surface area contributed by atoms with Gasteiger partial charge < -0.3 is 15.4 Å². The summed E-state index contributed by atoms with van der Waals surface area (Å²) in [5.74, 6) is -0.110. The second kappa shape index (κ2) is 9.79. The first-order valence-corrected chi connectivity index (χ1v) is 9.71. The fourth-order valence-electron chi connectivity index (χ4n) is 3.05. The molecule has 0 aliphatic rings. The number of nitrogens with one attached hydrogen (secondary N) is 3. The van der Waals surface area contributed by atoms with Crippen molar-refractivity contribution in [3.8, 4) is 11.3 Å². The second-order valence-electron chi connectivity index (χ2n) is 6.86. The van der Waals surface area contributed by atoms with Gasteiger partial charge in [-0.2, -0.15) is 13.2 Å². The van der Waals surface area contributed by atoms with E-state index in [1.807, 2.05) is 6.92 Å². The average molecular weight is 449 g/mol. The van der Waals surface area contributed by atoms with Crippen LogP contribution in [0.2, 0.25) is 0 Å². The van der Waals surface area contributed by atoms with E-state index in [0.717, 1.165) is 12.1 Å². The van der Waals surface area contributed by atoms with Crippen molar-refractivity contribution in [1.82, 2.24) is 20.3 Å². The standard InChI is InChI=1S/C21H22F3N5O3/c1-3-32-29-19-12(2)18(26-11-27-19)14-8-16(25-9-14)20(31)28-17(10-30)13-5-4-6-15(7-13)21(22,23)24/h4-9,11,17,25,30H,3,10H2,1-2H3,(H,28,31)(H,26,27,29)/t17-/m1/s1. The van der Waals surface area contributed by atoms with Gasteiger partial charge in [-0.15, -0.1) is 0 Å². The van der Waals surface area contributed by atoms with Gasteiger partial charge in [0.2, 0.25) is 0 Å². The van der Waals surface area contributed by atoms with Crippen LogP contribution in [0.3, 0.4) is 0 Å². The number of nitrogens with zero attached hydrogens (tertiary/aromatic N) is 2. The van der Waals surface area contributed by atoms with E-state index in [0.29, 0.717) is 29.2 Å². The molecule has 1 aromatic carbocycles. The van der Waals surface area contributed by atoms with Gasteiger partial charge in [-0.1, -0.05) is 12.1 Å². The molecule has 0 saturated carbocycles. The predicted octanol–water partition coefficient (Wildman–Crippen LogP) is 3.63. The average Bonchev–Trinajstić information content (AvgIpc) is 3.26. The number of aromatic amines is 1. The Morgan fingerprint density at radius 1 is 1.28 bits per heavy atom. The monoisotopic (exact) mass is 449 g/mol. The summed E-state index contributed by atoms with van der Waals surface area (Å²) in [7, 11) is 0. The predicted molar refractivity (Wildman–Crippen MR) is 111 cm³/mol. The van der Waals surface area contributed by atoms with Crippen molar-refractivity contribution < 1.29 is 27.9 Å². The summed E-state index contributed by atoms with van der Waals surface area (Å²) in [5.41, 5.74) is 4.02. The summed E-state index contributed by atoms with van der Waals surface area (Å²) in [4.78, 5) is 29.0. The molecule has 0 spiro atoms. The molecule has 1 atom stereocenters. The van der Waals surface area contributed by atoms with Crippen molar-refractivity contribution in [3.63, 3.8) is 0 Å². The van der Waals surface area contributed by atoms with Crippen molar-refractivity contribution in [2.75, 3.05) is 18.7 Å². The van der Waals surface area contributed by atoms with Gasteiger partial charge in [-0.3, -0.25) is 9.63 Å². The molecule has 32 heavy (non-hydrogen) atoms. The number of hydrogen-bond donors (Lipinski definition) is 4. The maximum absolute atomic E-state index is 13.0. The highest BCUT2D eigenvalue weighted by molar-refractivity contribution is 5.94. The number of carbonyl (C=O) groups is 1. The first-order chi connectivity index (χ1) is 15.2. The van der Waals surface area contributed by atoms with E-state index in [-0.39, 0.29) is 11.3 Å². The first-order valence-electron chi connectivity index (χ1n) is 9.71. The third-order valence-electron chi connectivity index (χ3n) is 4.70. The number of alkyl halides is 3. The zero-order chi connectivity index (χ0) is 23.3. The highest BCUT2D eigenvalue weighted by Crippen LogP contribution is 2.31. The summed E-state index contributed by atoms with van der Waals surface area (Å²) in [5, 5.41) is 12.2. The van der Waals surface area contributed by atoms with Gasteiger partial charge >= 0.3 is 6.18 Å².